The van der Waals surface area contributed by atoms with E-state index in [1.54, 1.807) is 18.3 Å². The first kappa shape index (κ1) is 13.2. The van der Waals surface area contributed by atoms with Crippen LogP contribution in [0.1, 0.15) is 29.7 Å². The Kier molecular flexibility index (Phi) is 4.26. The van der Waals surface area contributed by atoms with Gasteiger partial charge in [-0.05, 0) is 6.07 Å². The van der Waals surface area contributed by atoms with E-state index in [9.17, 15) is 4.39 Å². The highest BCUT2D eigenvalue weighted by atomic mass is 19.1. The van der Waals surface area contributed by atoms with Crippen LogP contribution >= 0.6 is 0 Å². The van der Waals surface area contributed by atoms with Crippen molar-refractivity contribution in [1.82, 2.24) is 10.3 Å². The smallest absolute Gasteiger partial charge is 0.208 e. The van der Waals surface area contributed by atoms with Crippen molar-refractivity contribution in [3.63, 3.8) is 0 Å². The highest BCUT2D eigenvalue weighted by Crippen LogP contribution is 2.12. The quantitative estimate of drug-likeness (QED) is 0.896. The van der Waals surface area contributed by atoms with Crippen molar-refractivity contribution in [2.45, 2.75) is 26.4 Å². The second kappa shape index (κ2) is 6.12. The molecule has 0 atom stereocenters. The zero-order chi connectivity index (χ0) is 13.7. The van der Waals surface area contributed by atoms with Crippen molar-refractivity contribution in [2.24, 2.45) is 0 Å². The normalized spacial score (nSPS) is 10.4. The Morgan fingerprint density at radius 1 is 1.42 bits per heavy atom. The molecule has 0 aliphatic rings. The minimum Gasteiger partial charge on any atom is -0.444 e. The average molecular weight is 259 g/mol. The van der Waals surface area contributed by atoms with Crippen LogP contribution in [-0.4, -0.2) is 4.98 Å². The molecule has 1 aromatic carbocycles. The van der Waals surface area contributed by atoms with Crippen LogP contribution < -0.4 is 5.32 Å². The number of benzene rings is 1. The molecule has 1 aromatic heterocycles. The molecule has 0 bridgehead atoms. The Morgan fingerprint density at radius 3 is 2.95 bits per heavy atom. The number of hydrogen-bond acceptors (Lipinski definition) is 4. The highest BCUT2D eigenvalue weighted by Gasteiger charge is 2.07. The Hall–Kier alpha value is -2.19. The zero-order valence-corrected chi connectivity index (χ0v) is 10.6. The number of nitrogens with zero attached hydrogens (tertiary/aromatic N) is 2. The van der Waals surface area contributed by atoms with Crippen LogP contribution in [0.25, 0.3) is 0 Å². The lowest BCUT2D eigenvalue weighted by Crippen LogP contribution is -2.14. The van der Waals surface area contributed by atoms with E-state index in [-0.39, 0.29) is 5.56 Å². The molecule has 98 valence electrons. The Labute approximate surface area is 110 Å². The minimum absolute atomic E-state index is 0.0590. The summed E-state index contributed by atoms with van der Waals surface area (Å²) in [6.07, 6.45) is 2.49. The average Bonchev–Trinajstić information content (AvgIpc) is 2.89. The second-order valence-electron chi connectivity index (χ2n) is 4.07. The van der Waals surface area contributed by atoms with Crippen LogP contribution in [0.2, 0.25) is 0 Å². The number of hydrogen-bond donors (Lipinski definition) is 1. The topological polar surface area (TPSA) is 61.9 Å². The summed E-state index contributed by atoms with van der Waals surface area (Å²) in [5, 5.41) is 11.8. The molecule has 0 aliphatic heterocycles. The van der Waals surface area contributed by atoms with Crippen LogP contribution in [0.4, 0.5) is 4.39 Å². The molecule has 0 aliphatic carbocycles. The largest absolute Gasteiger partial charge is 0.444 e. The van der Waals surface area contributed by atoms with E-state index in [4.69, 9.17) is 9.68 Å². The summed E-state index contributed by atoms with van der Waals surface area (Å²) in [6.45, 7) is 2.74. The standard InChI is InChI=1S/C14H14FN3O/c1-2-12-8-18-13(19-12)9-17-7-11-5-3-4-10(6-16)14(11)15/h3-5,8,17H,2,7,9H2,1H3. The maximum atomic E-state index is 13.8. The maximum Gasteiger partial charge on any atom is 0.208 e. The number of nitriles is 1. The molecular weight excluding hydrogens is 245 g/mol. The van der Waals surface area contributed by atoms with Gasteiger partial charge in [0.25, 0.3) is 0 Å². The van der Waals surface area contributed by atoms with E-state index in [0.717, 1.165) is 12.2 Å². The van der Waals surface area contributed by atoms with Crippen molar-refractivity contribution in [1.29, 1.82) is 5.26 Å². The van der Waals surface area contributed by atoms with Gasteiger partial charge in [0.15, 0.2) is 0 Å². The van der Waals surface area contributed by atoms with Gasteiger partial charge in [0.1, 0.15) is 17.6 Å². The fraction of sp³-hybridized carbons (Fsp3) is 0.286. The van der Waals surface area contributed by atoms with E-state index in [1.165, 1.54) is 6.07 Å². The van der Waals surface area contributed by atoms with Gasteiger partial charge in [0.05, 0.1) is 18.3 Å². The van der Waals surface area contributed by atoms with Crippen LogP contribution in [0.15, 0.2) is 28.8 Å². The number of halogens is 1. The van der Waals surface area contributed by atoms with Gasteiger partial charge in [-0.15, -0.1) is 0 Å². The zero-order valence-electron chi connectivity index (χ0n) is 10.6. The van der Waals surface area contributed by atoms with E-state index in [0.29, 0.717) is 24.5 Å². The van der Waals surface area contributed by atoms with Crippen LogP contribution in [0, 0.1) is 17.1 Å². The molecule has 1 heterocycles. The van der Waals surface area contributed by atoms with E-state index >= 15 is 0 Å². The summed E-state index contributed by atoms with van der Waals surface area (Å²) in [5.41, 5.74) is 0.519. The third-order valence-corrected chi connectivity index (χ3v) is 2.74. The van der Waals surface area contributed by atoms with Gasteiger partial charge >= 0.3 is 0 Å². The number of aryl methyl sites for hydroxylation is 1. The molecule has 0 fully saturated rings. The number of oxazole rings is 1. The molecule has 2 rings (SSSR count). The lowest BCUT2D eigenvalue weighted by Gasteiger charge is -2.05. The Bertz CT molecular complexity index is 601. The molecule has 0 radical (unpaired) electrons. The molecule has 0 saturated carbocycles. The Balaban J connectivity index is 1.94. The molecule has 19 heavy (non-hydrogen) atoms. The first-order valence-corrected chi connectivity index (χ1v) is 6.06. The lowest BCUT2D eigenvalue weighted by atomic mass is 10.1. The number of rotatable bonds is 5. The predicted octanol–water partition coefficient (Wildman–Crippen LogP) is 2.54. The second-order valence-corrected chi connectivity index (χ2v) is 4.07. The van der Waals surface area contributed by atoms with E-state index in [2.05, 4.69) is 10.3 Å². The minimum atomic E-state index is -0.473. The summed E-state index contributed by atoms with van der Waals surface area (Å²) in [5.74, 6) is 0.933. The van der Waals surface area contributed by atoms with Gasteiger partial charge in [-0.2, -0.15) is 5.26 Å². The molecule has 0 saturated heterocycles. The summed E-state index contributed by atoms with van der Waals surface area (Å²) < 4.78 is 19.2. The Morgan fingerprint density at radius 2 is 2.26 bits per heavy atom. The highest BCUT2D eigenvalue weighted by molar-refractivity contribution is 5.34. The molecular formula is C14H14FN3O. The molecule has 0 amide bonds. The van der Waals surface area contributed by atoms with Crippen molar-refractivity contribution in [3.05, 3.63) is 53.0 Å². The van der Waals surface area contributed by atoms with Crippen molar-refractivity contribution in [3.8, 4) is 6.07 Å². The van der Waals surface area contributed by atoms with Gasteiger partial charge in [0, 0.05) is 18.5 Å². The summed E-state index contributed by atoms with van der Waals surface area (Å²) >= 11 is 0. The van der Waals surface area contributed by atoms with Crippen LogP contribution in [0.5, 0.6) is 0 Å². The first-order valence-electron chi connectivity index (χ1n) is 6.06. The third-order valence-electron chi connectivity index (χ3n) is 2.74. The van der Waals surface area contributed by atoms with Crippen molar-refractivity contribution in [2.75, 3.05) is 0 Å². The van der Waals surface area contributed by atoms with Gasteiger partial charge in [-0.3, -0.25) is 0 Å². The molecule has 0 spiro atoms. The third kappa shape index (κ3) is 3.18. The van der Waals surface area contributed by atoms with Crippen LogP contribution in [0.3, 0.4) is 0 Å². The molecule has 1 N–H and O–H groups in total. The van der Waals surface area contributed by atoms with E-state index < -0.39 is 5.82 Å². The molecule has 0 unspecified atom stereocenters. The predicted molar refractivity (Wildman–Crippen MR) is 67.5 cm³/mol. The molecule has 2 aromatic rings. The fourth-order valence-electron chi connectivity index (χ4n) is 1.70. The SMILES string of the molecule is CCc1cnc(CNCc2cccc(C#N)c2F)o1. The van der Waals surface area contributed by atoms with Gasteiger partial charge in [-0.25, -0.2) is 9.37 Å². The summed E-state index contributed by atoms with van der Waals surface area (Å²) in [4.78, 5) is 4.10. The van der Waals surface area contributed by atoms with Gasteiger partial charge in [-0.1, -0.05) is 19.1 Å². The fourth-order valence-corrected chi connectivity index (χ4v) is 1.70. The summed E-state index contributed by atoms with van der Waals surface area (Å²) in [6, 6.07) is 6.59. The maximum absolute atomic E-state index is 13.8. The van der Waals surface area contributed by atoms with E-state index in [1.807, 2.05) is 13.0 Å². The van der Waals surface area contributed by atoms with Crippen molar-refractivity contribution >= 4 is 0 Å². The van der Waals surface area contributed by atoms with Crippen LogP contribution in [-0.2, 0) is 19.5 Å². The van der Waals surface area contributed by atoms with Gasteiger partial charge < -0.3 is 9.73 Å². The summed E-state index contributed by atoms with van der Waals surface area (Å²) in [7, 11) is 0. The monoisotopic (exact) mass is 259 g/mol. The molecule has 5 heteroatoms. The first-order chi connectivity index (χ1) is 9.24. The van der Waals surface area contributed by atoms with Gasteiger partial charge in [0.2, 0.25) is 5.89 Å². The van der Waals surface area contributed by atoms with Crippen molar-refractivity contribution < 1.29 is 8.81 Å². The number of nitrogens with one attached hydrogen (secondary N) is 1. The molecule has 4 nitrogen and oxygen atoms in total. The lowest BCUT2D eigenvalue weighted by molar-refractivity contribution is 0.437. The number of aromatic nitrogens is 1.